The number of anilines is 1. The van der Waals surface area contributed by atoms with Gasteiger partial charge in [-0.25, -0.2) is 14.6 Å². The lowest BCUT2D eigenvalue weighted by atomic mass is 10.1. The Morgan fingerprint density at radius 2 is 1.81 bits per heavy atom. The van der Waals surface area contributed by atoms with Crippen LogP contribution in [0.3, 0.4) is 0 Å². The van der Waals surface area contributed by atoms with E-state index in [2.05, 4.69) is 19.9 Å². The average molecular weight is 491 g/mol. The number of piperazine rings is 1. The van der Waals surface area contributed by atoms with Crippen LogP contribution in [0.1, 0.15) is 27.7 Å². The van der Waals surface area contributed by atoms with Crippen LogP contribution in [0.4, 0.5) is 10.5 Å². The number of rotatable bonds is 4. The number of ether oxygens (including phenoxy) is 2. The first-order chi connectivity index (χ1) is 17.2. The molecule has 0 aliphatic carbocycles. The molecule has 3 aromatic heterocycles. The summed E-state index contributed by atoms with van der Waals surface area (Å²) >= 11 is 0. The molecular weight excluding hydrogens is 460 g/mol. The van der Waals surface area contributed by atoms with Crippen LogP contribution >= 0.6 is 0 Å². The molecule has 0 bridgehead atoms. The molecule has 4 heterocycles. The predicted molar refractivity (Wildman–Crippen MR) is 138 cm³/mol. The zero-order chi connectivity index (χ0) is 25.4. The van der Waals surface area contributed by atoms with Gasteiger partial charge in [0, 0.05) is 55.7 Å². The summed E-state index contributed by atoms with van der Waals surface area (Å²) in [6.45, 7) is 10.4. The maximum atomic E-state index is 13.0. The Hall–Kier alpha value is -4.08. The smallest absolute Gasteiger partial charge is 0.410 e. The summed E-state index contributed by atoms with van der Waals surface area (Å²) in [5.41, 5.74) is 2.76. The molecule has 1 saturated heterocycles. The van der Waals surface area contributed by atoms with Gasteiger partial charge in [-0.1, -0.05) is 0 Å². The Labute approximate surface area is 208 Å². The van der Waals surface area contributed by atoms with Gasteiger partial charge < -0.3 is 19.3 Å². The first kappa shape index (κ1) is 23.7. The summed E-state index contributed by atoms with van der Waals surface area (Å²) in [5, 5.41) is 0.920. The number of fused-ring (bicyclic) bond motifs is 2. The zero-order valence-electron chi connectivity index (χ0n) is 20.9. The van der Waals surface area contributed by atoms with E-state index in [0.717, 1.165) is 16.6 Å². The van der Waals surface area contributed by atoms with E-state index in [4.69, 9.17) is 9.47 Å². The van der Waals surface area contributed by atoms with Crippen molar-refractivity contribution in [3.63, 3.8) is 0 Å². The molecule has 1 aliphatic rings. The lowest BCUT2D eigenvalue weighted by Crippen LogP contribution is -2.50. The van der Waals surface area contributed by atoms with E-state index >= 15 is 0 Å². The molecule has 10 heteroatoms. The number of aromatic nitrogens is 4. The van der Waals surface area contributed by atoms with Crippen molar-refractivity contribution in [1.29, 1.82) is 0 Å². The Bertz CT molecular complexity index is 1480. The van der Waals surface area contributed by atoms with Crippen molar-refractivity contribution >= 4 is 33.8 Å². The summed E-state index contributed by atoms with van der Waals surface area (Å²) in [5.74, 6) is 0.589. The summed E-state index contributed by atoms with van der Waals surface area (Å²) in [6.07, 6.45) is 3.11. The summed E-state index contributed by atoms with van der Waals surface area (Å²) in [7, 11) is 0. The number of carbonyl (C=O) groups excluding carboxylic acids is 1. The van der Waals surface area contributed by atoms with Crippen molar-refractivity contribution in [3.8, 4) is 11.4 Å². The highest BCUT2D eigenvalue weighted by Crippen LogP contribution is 2.30. The van der Waals surface area contributed by atoms with Gasteiger partial charge in [0.15, 0.2) is 5.65 Å². The van der Waals surface area contributed by atoms with Crippen LogP contribution in [-0.4, -0.2) is 68.9 Å². The minimum absolute atomic E-state index is 0.290. The van der Waals surface area contributed by atoms with Crippen molar-refractivity contribution in [3.05, 3.63) is 53.2 Å². The largest absolute Gasteiger partial charge is 0.491 e. The van der Waals surface area contributed by atoms with Crippen molar-refractivity contribution < 1.29 is 14.3 Å². The molecule has 0 atom stereocenters. The third kappa shape index (κ3) is 4.46. The number of carbonyl (C=O) groups is 1. The second-order valence-corrected chi connectivity index (χ2v) is 9.69. The molecule has 5 rings (SSSR count). The van der Waals surface area contributed by atoms with E-state index in [9.17, 15) is 9.59 Å². The number of amides is 1. The van der Waals surface area contributed by atoms with E-state index in [-0.39, 0.29) is 11.8 Å². The predicted octanol–water partition coefficient (Wildman–Crippen LogP) is 3.72. The number of hydrogen-bond donors (Lipinski definition) is 1. The lowest BCUT2D eigenvalue weighted by Gasteiger charge is -2.37. The molecule has 0 saturated carbocycles. The van der Waals surface area contributed by atoms with Crippen LogP contribution in [0.25, 0.3) is 27.8 Å². The molecule has 1 amide bonds. The molecule has 1 aromatic carbocycles. The van der Waals surface area contributed by atoms with Gasteiger partial charge in [0.1, 0.15) is 16.9 Å². The van der Waals surface area contributed by atoms with Crippen molar-refractivity contribution in [2.75, 3.05) is 37.7 Å². The van der Waals surface area contributed by atoms with Crippen molar-refractivity contribution in [1.82, 2.24) is 24.4 Å². The number of benzene rings is 1. The fourth-order valence-corrected chi connectivity index (χ4v) is 4.51. The van der Waals surface area contributed by atoms with Crippen molar-refractivity contribution in [2.24, 2.45) is 0 Å². The zero-order valence-corrected chi connectivity index (χ0v) is 20.9. The molecule has 36 heavy (non-hydrogen) atoms. The highest BCUT2D eigenvalue weighted by Gasteiger charge is 2.26. The summed E-state index contributed by atoms with van der Waals surface area (Å²) in [4.78, 5) is 41.1. The van der Waals surface area contributed by atoms with Gasteiger partial charge in [-0.3, -0.25) is 14.5 Å². The number of nitrogens with zero attached hydrogens (tertiary/aromatic N) is 5. The second-order valence-electron chi connectivity index (χ2n) is 9.69. The molecule has 0 spiro atoms. The fourth-order valence-electron chi connectivity index (χ4n) is 4.51. The maximum absolute atomic E-state index is 13.0. The number of imidazole rings is 1. The number of H-pyrrole nitrogens is 1. The molecular formula is C26H30N6O4. The molecule has 0 unspecified atom stereocenters. The van der Waals surface area contributed by atoms with Crippen LogP contribution in [0.15, 0.2) is 47.5 Å². The first-order valence-corrected chi connectivity index (χ1v) is 12.1. The minimum Gasteiger partial charge on any atom is -0.491 e. The number of pyridine rings is 2. The monoisotopic (exact) mass is 490 g/mol. The van der Waals surface area contributed by atoms with Gasteiger partial charge in [0.25, 0.3) is 0 Å². The van der Waals surface area contributed by atoms with Crippen molar-refractivity contribution in [2.45, 2.75) is 33.3 Å². The van der Waals surface area contributed by atoms with Gasteiger partial charge in [-0.05, 0) is 52.0 Å². The highest BCUT2D eigenvalue weighted by atomic mass is 16.6. The molecule has 10 nitrogen and oxygen atoms in total. The van der Waals surface area contributed by atoms with Gasteiger partial charge in [0.05, 0.1) is 17.8 Å². The van der Waals surface area contributed by atoms with E-state index in [1.807, 2.05) is 52.0 Å². The van der Waals surface area contributed by atoms with Crippen LogP contribution in [0, 0.1) is 0 Å². The molecule has 1 N–H and O–H groups in total. The van der Waals surface area contributed by atoms with Gasteiger partial charge >= 0.3 is 11.8 Å². The molecule has 4 aromatic rings. The average Bonchev–Trinajstić information content (AvgIpc) is 3.19. The number of nitrogens with one attached hydrogen (secondary N) is 1. The third-order valence-electron chi connectivity index (χ3n) is 6.07. The summed E-state index contributed by atoms with van der Waals surface area (Å²) < 4.78 is 12.9. The number of hydrogen-bond acceptors (Lipinski definition) is 7. The Balaban J connectivity index is 1.49. The van der Waals surface area contributed by atoms with Crippen LogP contribution in [-0.2, 0) is 4.74 Å². The third-order valence-corrected chi connectivity index (χ3v) is 6.07. The second kappa shape index (κ2) is 9.18. The standard InChI is InChI=1S/C26H30N6O4/c1-5-35-21-9-11-28-23-22(21)32(24(33)29-23)17-6-7-19-18(16-17)20(8-10-27-19)30-12-14-31(15-13-30)25(34)36-26(2,3)4/h6-11,16H,5,12-15H2,1-4H3,(H,28,29,33). The summed E-state index contributed by atoms with van der Waals surface area (Å²) in [6, 6.07) is 9.48. The lowest BCUT2D eigenvalue weighted by molar-refractivity contribution is 0.0240. The van der Waals surface area contributed by atoms with Crippen LogP contribution < -0.4 is 15.3 Å². The Morgan fingerprint density at radius 3 is 2.53 bits per heavy atom. The van der Waals surface area contributed by atoms with Crippen LogP contribution in [0.2, 0.25) is 0 Å². The SMILES string of the molecule is CCOc1ccnc2[nH]c(=O)n(-c3ccc4nccc(N5CCN(C(=O)OC(C)(C)C)CC5)c4c3)c12. The normalized spacial score (nSPS) is 14.4. The van der Waals surface area contributed by atoms with E-state index < -0.39 is 5.60 Å². The molecule has 1 fully saturated rings. The molecule has 1 aliphatic heterocycles. The fraction of sp³-hybridized carbons (Fsp3) is 0.385. The van der Waals surface area contributed by atoms with E-state index in [1.54, 1.807) is 27.9 Å². The van der Waals surface area contributed by atoms with E-state index in [1.165, 1.54) is 0 Å². The highest BCUT2D eigenvalue weighted by molar-refractivity contribution is 5.93. The minimum atomic E-state index is -0.524. The van der Waals surface area contributed by atoms with E-state index in [0.29, 0.717) is 55.4 Å². The first-order valence-electron chi connectivity index (χ1n) is 12.1. The van der Waals surface area contributed by atoms with Crippen LogP contribution in [0.5, 0.6) is 5.75 Å². The maximum Gasteiger partial charge on any atom is 0.410 e. The molecule has 188 valence electrons. The number of aromatic amines is 1. The quantitative estimate of drug-likeness (QED) is 0.465. The Kier molecular flexibility index (Phi) is 6.03. The van der Waals surface area contributed by atoms with Gasteiger partial charge in [-0.15, -0.1) is 0 Å². The molecule has 0 radical (unpaired) electrons. The van der Waals surface area contributed by atoms with Gasteiger partial charge in [0.2, 0.25) is 0 Å². The van der Waals surface area contributed by atoms with Gasteiger partial charge in [-0.2, -0.15) is 0 Å². The Morgan fingerprint density at radius 1 is 1.06 bits per heavy atom. The topological polar surface area (TPSA) is 106 Å².